The van der Waals surface area contributed by atoms with E-state index in [-0.39, 0.29) is 15.8 Å². The van der Waals surface area contributed by atoms with E-state index in [1.807, 2.05) is 30.3 Å². The van der Waals surface area contributed by atoms with Crippen LogP contribution in [0.25, 0.3) is 10.9 Å². The van der Waals surface area contributed by atoms with Crippen LogP contribution in [0.15, 0.2) is 58.2 Å². The number of benzene rings is 1. The van der Waals surface area contributed by atoms with E-state index in [2.05, 4.69) is 25.9 Å². The zero-order valence-corrected chi connectivity index (χ0v) is 14.4. The molecule has 0 radical (unpaired) electrons. The highest BCUT2D eigenvalue weighted by Crippen LogP contribution is 2.26. The van der Waals surface area contributed by atoms with Crippen LogP contribution < -0.4 is 0 Å². The third-order valence-corrected chi connectivity index (χ3v) is 5.65. The fourth-order valence-electron chi connectivity index (χ4n) is 2.11. The van der Waals surface area contributed by atoms with Gasteiger partial charge in [-0.15, -0.1) is 0 Å². The number of sulfone groups is 1. The van der Waals surface area contributed by atoms with E-state index in [4.69, 9.17) is 11.6 Å². The van der Waals surface area contributed by atoms with Crippen molar-refractivity contribution in [2.75, 3.05) is 0 Å². The van der Waals surface area contributed by atoms with Crippen molar-refractivity contribution < 1.29 is 8.42 Å². The van der Waals surface area contributed by atoms with Crippen LogP contribution in [-0.2, 0) is 15.6 Å². The lowest BCUT2D eigenvalue weighted by Gasteiger charge is -2.07. The zero-order valence-electron chi connectivity index (χ0n) is 11.2. The van der Waals surface area contributed by atoms with Gasteiger partial charge in [0, 0.05) is 22.3 Å². The summed E-state index contributed by atoms with van der Waals surface area (Å²) in [6, 6.07) is 10.8. The summed E-state index contributed by atoms with van der Waals surface area (Å²) in [5.74, 6) is -0.178. The first-order valence-corrected chi connectivity index (χ1v) is 9.15. The zero-order chi connectivity index (χ0) is 15.7. The molecule has 0 saturated carbocycles. The Hall–Kier alpha value is -1.50. The molecule has 0 saturated heterocycles. The number of rotatable bonds is 3. The second-order valence-corrected chi connectivity index (χ2v) is 7.97. The maximum absolute atomic E-state index is 12.5. The van der Waals surface area contributed by atoms with Gasteiger partial charge in [0.05, 0.1) is 11.3 Å². The molecule has 2 heterocycles. The van der Waals surface area contributed by atoms with Gasteiger partial charge in [0.15, 0.2) is 9.84 Å². The molecule has 1 aromatic carbocycles. The molecule has 7 heteroatoms. The molecule has 4 nitrogen and oxygen atoms in total. The molecule has 112 valence electrons. The summed E-state index contributed by atoms with van der Waals surface area (Å²) in [5.41, 5.74) is 1.43. The van der Waals surface area contributed by atoms with Gasteiger partial charge < -0.3 is 0 Å². The third-order valence-electron chi connectivity index (χ3n) is 3.11. The number of hydrogen-bond donors (Lipinski definition) is 0. The molecule has 0 atom stereocenters. The molecule has 0 aliphatic rings. The van der Waals surface area contributed by atoms with Gasteiger partial charge in [0.25, 0.3) is 0 Å². The van der Waals surface area contributed by atoms with Crippen molar-refractivity contribution in [3.63, 3.8) is 0 Å². The van der Waals surface area contributed by atoms with Crippen LogP contribution in [-0.4, -0.2) is 18.4 Å². The van der Waals surface area contributed by atoms with Gasteiger partial charge in [0.1, 0.15) is 10.0 Å². The van der Waals surface area contributed by atoms with Crippen LogP contribution >= 0.6 is 27.5 Å². The highest BCUT2D eigenvalue weighted by Gasteiger charge is 2.20. The van der Waals surface area contributed by atoms with Gasteiger partial charge in [-0.1, -0.05) is 29.8 Å². The lowest BCUT2D eigenvalue weighted by Crippen LogP contribution is -2.07. The highest BCUT2D eigenvalue weighted by molar-refractivity contribution is 9.10. The van der Waals surface area contributed by atoms with Gasteiger partial charge in [0.2, 0.25) is 0 Å². The van der Waals surface area contributed by atoms with Gasteiger partial charge >= 0.3 is 0 Å². The Bertz CT molecular complexity index is 961. The minimum Gasteiger partial charge on any atom is -0.256 e. The minimum atomic E-state index is -3.60. The normalized spacial score (nSPS) is 11.7. The van der Waals surface area contributed by atoms with Crippen LogP contribution in [0.2, 0.25) is 5.15 Å². The SMILES string of the molecule is O=S(=O)(Cc1cnc2ccccc2c1)c1cc(Br)cnc1Cl. The van der Waals surface area contributed by atoms with Crippen LogP contribution in [0.5, 0.6) is 0 Å². The summed E-state index contributed by atoms with van der Waals surface area (Å²) in [5, 5.41) is 0.866. The smallest absolute Gasteiger partial charge is 0.185 e. The van der Waals surface area contributed by atoms with Crippen molar-refractivity contribution >= 4 is 48.3 Å². The molecule has 2 aromatic heterocycles. The maximum atomic E-state index is 12.5. The van der Waals surface area contributed by atoms with Crippen LogP contribution in [0.1, 0.15) is 5.56 Å². The first-order chi connectivity index (χ1) is 10.5. The molecule has 0 spiro atoms. The predicted molar refractivity (Wildman–Crippen MR) is 89.6 cm³/mol. The number of hydrogen-bond acceptors (Lipinski definition) is 4. The number of fused-ring (bicyclic) bond motifs is 1. The van der Waals surface area contributed by atoms with E-state index in [1.165, 1.54) is 12.3 Å². The summed E-state index contributed by atoms with van der Waals surface area (Å²) in [6.45, 7) is 0. The lowest BCUT2D eigenvalue weighted by atomic mass is 10.2. The Labute approximate surface area is 141 Å². The molecule has 3 aromatic rings. The number of halogens is 2. The lowest BCUT2D eigenvalue weighted by molar-refractivity contribution is 0.595. The van der Waals surface area contributed by atoms with Crippen molar-refractivity contribution in [2.45, 2.75) is 10.6 Å². The van der Waals surface area contributed by atoms with E-state index in [0.717, 1.165) is 10.9 Å². The summed E-state index contributed by atoms with van der Waals surface area (Å²) >= 11 is 9.12. The van der Waals surface area contributed by atoms with Gasteiger partial charge in [-0.25, -0.2) is 13.4 Å². The topological polar surface area (TPSA) is 59.9 Å². The average molecular weight is 398 g/mol. The van der Waals surface area contributed by atoms with Crippen molar-refractivity contribution in [3.05, 3.63) is 64.0 Å². The van der Waals surface area contributed by atoms with E-state index in [0.29, 0.717) is 10.0 Å². The molecule has 0 bridgehead atoms. The van der Waals surface area contributed by atoms with Crippen molar-refractivity contribution in [2.24, 2.45) is 0 Å². The standard InChI is InChI=1S/C15H10BrClN2O2S/c16-12-6-14(15(17)19-8-12)22(20,21)9-10-5-11-3-1-2-4-13(11)18-7-10/h1-8H,9H2. The molecule has 3 rings (SSSR count). The molecule has 0 aliphatic carbocycles. The molecule has 0 amide bonds. The van der Waals surface area contributed by atoms with Crippen LogP contribution in [0, 0.1) is 0 Å². The number of nitrogens with zero attached hydrogens (tertiary/aromatic N) is 2. The summed E-state index contributed by atoms with van der Waals surface area (Å²) in [6.07, 6.45) is 3.03. The van der Waals surface area contributed by atoms with Crippen LogP contribution in [0.3, 0.4) is 0 Å². The molecule has 0 fully saturated rings. The fourth-order valence-corrected chi connectivity index (χ4v) is 4.42. The quantitative estimate of drug-likeness (QED) is 0.626. The number of para-hydroxylation sites is 1. The first kappa shape index (κ1) is 15.4. The second-order valence-electron chi connectivity index (χ2n) is 4.74. The minimum absolute atomic E-state index is 0.0108. The van der Waals surface area contributed by atoms with E-state index in [9.17, 15) is 8.42 Å². The van der Waals surface area contributed by atoms with E-state index in [1.54, 1.807) is 6.20 Å². The van der Waals surface area contributed by atoms with Gasteiger partial charge in [-0.05, 0) is 39.7 Å². The third kappa shape index (κ3) is 3.14. The molecule has 22 heavy (non-hydrogen) atoms. The Morgan fingerprint density at radius 2 is 1.86 bits per heavy atom. The maximum Gasteiger partial charge on any atom is 0.185 e. The summed E-state index contributed by atoms with van der Waals surface area (Å²) in [7, 11) is -3.60. The largest absolute Gasteiger partial charge is 0.256 e. The molecule has 0 N–H and O–H groups in total. The first-order valence-electron chi connectivity index (χ1n) is 6.33. The Kier molecular flexibility index (Phi) is 4.16. The Morgan fingerprint density at radius 1 is 1.09 bits per heavy atom. The average Bonchev–Trinajstić information content (AvgIpc) is 2.49. The Balaban J connectivity index is 2.01. The van der Waals surface area contributed by atoms with Crippen molar-refractivity contribution in [3.8, 4) is 0 Å². The number of aromatic nitrogens is 2. The fraction of sp³-hybridized carbons (Fsp3) is 0.0667. The van der Waals surface area contributed by atoms with Crippen LogP contribution in [0.4, 0.5) is 0 Å². The molecule has 0 unspecified atom stereocenters. The molecular weight excluding hydrogens is 388 g/mol. The van der Waals surface area contributed by atoms with E-state index >= 15 is 0 Å². The summed E-state index contributed by atoms with van der Waals surface area (Å²) in [4.78, 5) is 8.15. The van der Waals surface area contributed by atoms with Crippen molar-refractivity contribution in [1.82, 2.24) is 9.97 Å². The summed E-state index contributed by atoms with van der Waals surface area (Å²) < 4.78 is 25.6. The predicted octanol–water partition coefficient (Wildman–Crippen LogP) is 4.02. The molecular formula is C15H10BrClN2O2S. The molecule has 0 aliphatic heterocycles. The second kappa shape index (κ2) is 5.95. The number of pyridine rings is 2. The van der Waals surface area contributed by atoms with Gasteiger partial charge in [-0.2, -0.15) is 0 Å². The van der Waals surface area contributed by atoms with Crippen molar-refractivity contribution in [1.29, 1.82) is 0 Å². The monoisotopic (exact) mass is 396 g/mol. The van der Waals surface area contributed by atoms with E-state index < -0.39 is 9.84 Å². The Morgan fingerprint density at radius 3 is 2.68 bits per heavy atom. The highest BCUT2D eigenvalue weighted by atomic mass is 79.9. The van der Waals surface area contributed by atoms with Gasteiger partial charge in [-0.3, -0.25) is 4.98 Å².